The highest BCUT2D eigenvalue weighted by Crippen LogP contribution is 2.38. The first-order chi connectivity index (χ1) is 15.5. The molecule has 0 N–H and O–H groups in total. The molecule has 8 heteroatoms. The molecule has 2 heterocycles. The van der Waals surface area contributed by atoms with Gasteiger partial charge in [0.25, 0.3) is 5.69 Å². The van der Waals surface area contributed by atoms with Gasteiger partial charge in [-0.1, -0.05) is 0 Å². The molecule has 0 spiro atoms. The Kier molecular flexibility index (Phi) is 4.97. The number of nitro groups is 1. The third-order valence-electron chi connectivity index (χ3n) is 5.92. The minimum atomic E-state index is -0.813. The Bertz CT molecular complexity index is 1260. The third kappa shape index (κ3) is 3.64. The van der Waals surface area contributed by atoms with Crippen LogP contribution in [0.25, 0.3) is 11.3 Å². The summed E-state index contributed by atoms with van der Waals surface area (Å²) in [5, 5.41) is 10.7. The number of hydrogen-bond acceptors (Lipinski definition) is 6. The van der Waals surface area contributed by atoms with Crippen LogP contribution in [-0.4, -0.2) is 27.9 Å². The number of aromatic nitrogens is 1. The van der Waals surface area contributed by atoms with Crippen LogP contribution < -0.4 is 4.74 Å². The minimum absolute atomic E-state index is 0.0137. The Hall–Kier alpha value is -3.94. The molecule has 0 saturated heterocycles. The molecule has 2 aromatic carbocycles. The molecule has 0 bridgehead atoms. The lowest BCUT2D eigenvalue weighted by Crippen LogP contribution is -2.17. The lowest BCUT2D eigenvalue weighted by molar-refractivity contribution is -0.384. The van der Waals surface area contributed by atoms with E-state index in [-0.39, 0.29) is 12.3 Å². The van der Waals surface area contributed by atoms with Crippen LogP contribution in [0.4, 0.5) is 10.5 Å². The molecule has 1 aromatic heterocycles. The first-order valence-electron chi connectivity index (χ1n) is 10.4. The van der Waals surface area contributed by atoms with Gasteiger partial charge < -0.3 is 14.0 Å². The highest BCUT2D eigenvalue weighted by atomic mass is 16.7. The van der Waals surface area contributed by atoms with Crippen molar-refractivity contribution in [3.8, 4) is 17.0 Å². The summed E-state index contributed by atoms with van der Waals surface area (Å²) in [4.78, 5) is 26.9. The Balaban J connectivity index is 1.28. The number of rotatable bonds is 4. The largest absolute Gasteiger partial charge is 0.514 e. The molecular formula is C24H21N3O5. The standard InChI is InChI=1S/C24H21N3O5/c1-15-22-13-18-5-4-17-12-20(8-9-21(17)23(18)26(22)11-10-25-15)32-24(28)31-14-16-2-6-19(7-3-16)27(29)30/h2-3,6-9,12-13H,4-5,10-11,14H2,1H3. The van der Waals surface area contributed by atoms with E-state index in [2.05, 4.69) is 22.5 Å². The van der Waals surface area contributed by atoms with Crippen molar-refractivity contribution in [1.29, 1.82) is 0 Å². The second-order valence-corrected chi connectivity index (χ2v) is 7.91. The van der Waals surface area contributed by atoms with Crippen molar-refractivity contribution in [1.82, 2.24) is 4.57 Å². The van der Waals surface area contributed by atoms with Crippen LogP contribution in [0.15, 0.2) is 53.5 Å². The van der Waals surface area contributed by atoms with Gasteiger partial charge >= 0.3 is 6.16 Å². The van der Waals surface area contributed by atoms with Gasteiger partial charge in [0.2, 0.25) is 0 Å². The van der Waals surface area contributed by atoms with Crippen LogP contribution in [0.1, 0.15) is 29.3 Å². The lowest BCUT2D eigenvalue weighted by atomic mass is 9.90. The van der Waals surface area contributed by atoms with Crippen LogP contribution in [0, 0.1) is 10.1 Å². The Morgan fingerprint density at radius 3 is 2.69 bits per heavy atom. The molecule has 2 aliphatic rings. The molecule has 0 saturated carbocycles. The molecule has 0 amide bonds. The predicted octanol–water partition coefficient (Wildman–Crippen LogP) is 4.70. The zero-order valence-electron chi connectivity index (χ0n) is 17.5. The summed E-state index contributed by atoms with van der Waals surface area (Å²) in [7, 11) is 0. The van der Waals surface area contributed by atoms with E-state index in [4.69, 9.17) is 9.47 Å². The summed E-state index contributed by atoms with van der Waals surface area (Å²) < 4.78 is 12.9. The van der Waals surface area contributed by atoms with Crippen LogP contribution in [0.5, 0.6) is 5.75 Å². The maximum atomic E-state index is 12.1. The van der Waals surface area contributed by atoms with Gasteiger partial charge in [-0.3, -0.25) is 15.1 Å². The number of nitro benzene ring substituents is 1. The van der Waals surface area contributed by atoms with E-state index < -0.39 is 11.1 Å². The van der Waals surface area contributed by atoms with Crippen molar-refractivity contribution in [2.24, 2.45) is 4.99 Å². The zero-order valence-corrected chi connectivity index (χ0v) is 17.5. The van der Waals surface area contributed by atoms with Crippen LogP contribution in [-0.2, 0) is 30.7 Å². The van der Waals surface area contributed by atoms with Crippen LogP contribution in [0.2, 0.25) is 0 Å². The number of nitrogens with zero attached hydrogens (tertiary/aromatic N) is 3. The lowest BCUT2D eigenvalue weighted by Gasteiger charge is -2.22. The smallest absolute Gasteiger partial charge is 0.429 e. The quantitative estimate of drug-likeness (QED) is 0.258. The molecule has 1 aliphatic heterocycles. The van der Waals surface area contributed by atoms with Crippen LogP contribution >= 0.6 is 0 Å². The van der Waals surface area contributed by atoms with Gasteiger partial charge in [0.1, 0.15) is 12.4 Å². The van der Waals surface area contributed by atoms with Gasteiger partial charge in [-0.25, -0.2) is 4.79 Å². The summed E-state index contributed by atoms with van der Waals surface area (Å²) >= 11 is 0. The molecule has 0 atom stereocenters. The first kappa shape index (κ1) is 20.0. The summed E-state index contributed by atoms with van der Waals surface area (Å²) in [6.07, 6.45) is 0.993. The number of fused-ring (bicyclic) bond motifs is 5. The average Bonchev–Trinajstić information content (AvgIpc) is 3.18. The Labute approximate surface area is 184 Å². The molecule has 32 heavy (non-hydrogen) atoms. The SMILES string of the molecule is CC1=NCCn2c1cc1c2-c2ccc(OC(=O)OCc3ccc([N+](=O)[O-])cc3)cc2CC1. The van der Waals surface area contributed by atoms with E-state index >= 15 is 0 Å². The van der Waals surface area contributed by atoms with E-state index in [9.17, 15) is 14.9 Å². The predicted molar refractivity (Wildman–Crippen MR) is 118 cm³/mol. The van der Waals surface area contributed by atoms with E-state index in [1.165, 1.54) is 34.6 Å². The fourth-order valence-corrected chi connectivity index (χ4v) is 4.37. The Morgan fingerprint density at radius 1 is 1.12 bits per heavy atom. The average molecular weight is 431 g/mol. The van der Waals surface area contributed by atoms with E-state index in [0.717, 1.165) is 37.2 Å². The van der Waals surface area contributed by atoms with Gasteiger partial charge in [-0.2, -0.15) is 0 Å². The highest BCUT2D eigenvalue weighted by molar-refractivity contribution is 5.99. The highest BCUT2D eigenvalue weighted by Gasteiger charge is 2.25. The van der Waals surface area contributed by atoms with Crippen molar-refractivity contribution in [3.05, 3.63) is 81.0 Å². The fraction of sp³-hybridized carbons (Fsp3) is 0.250. The maximum absolute atomic E-state index is 12.1. The van der Waals surface area contributed by atoms with Crippen molar-refractivity contribution in [2.75, 3.05) is 6.54 Å². The van der Waals surface area contributed by atoms with E-state index in [0.29, 0.717) is 11.3 Å². The normalized spacial score (nSPS) is 14.0. The summed E-state index contributed by atoms with van der Waals surface area (Å²) in [5.74, 6) is 0.434. The number of benzene rings is 2. The number of hydrogen-bond donors (Lipinski definition) is 0. The molecule has 3 aromatic rings. The number of carbonyl (C=O) groups excluding carboxylic acids is 1. The number of aliphatic imine (C=N–C) groups is 1. The summed E-state index contributed by atoms with van der Waals surface area (Å²) in [6, 6.07) is 13.8. The number of ether oxygens (including phenoxy) is 2. The maximum Gasteiger partial charge on any atom is 0.514 e. The molecule has 0 radical (unpaired) electrons. The van der Waals surface area contributed by atoms with Gasteiger partial charge in [0.15, 0.2) is 0 Å². The van der Waals surface area contributed by atoms with Gasteiger partial charge in [-0.15, -0.1) is 0 Å². The number of non-ortho nitro benzene ring substituents is 1. The second-order valence-electron chi connectivity index (χ2n) is 7.91. The van der Waals surface area contributed by atoms with E-state index in [1.807, 2.05) is 12.1 Å². The van der Waals surface area contributed by atoms with Gasteiger partial charge in [0.05, 0.1) is 28.6 Å². The monoisotopic (exact) mass is 431 g/mol. The van der Waals surface area contributed by atoms with Gasteiger partial charge in [0, 0.05) is 24.2 Å². The molecule has 8 nitrogen and oxygen atoms in total. The van der Waals surface area contributed by atoms with E-state index in [1.54, 1.807) is 18.2 Å². The molecule has 162 valence electrons. The van der Waals surface area contributed by atoms with Gasteiger partial charge in [-0.05, 0) is 72.9 Å². The third-order valence-corrected chi connectivity index (χ3v) is 5.92. The minimum Gasteiger partial charge on any atom is -0.429 e. The Morgan fingerprint density at radius 2 is 1.91 bits per heavy atom. The second kappa shape index (κ2) is 7.96. The van der Waals surface area contributed by atoms with Crippen molar-refractivity contribution < 1.29 is 19.2 Å². The molecule has 0 fully saturated rings. The first-order valence-corrected chi connectivity index (χ1v) is 10.4. The van der Waals surface area contributed by atoms with Crippen LogP contribution in [0.3, 0.4) is 0 Å². The molecule has 1 aliphatic carbocycles. The number of carbonyl (C=O) groups is 1. The molecular weight excluding hydrogens is 410 g/mol. The summed E-state index contributed by atoms with van der Waals surface area (Å²) in [5.41, 5.74) is 7.76. The summed E-state index contributed by atoms with van der Waals surface area (Å²) in [6.45, 7) is 3.69. The van der Waals surface area contributed by atoms with Crippen molar-refractivity contribution in [2.45, 2.75) is 32.9 Å². The molecule has 5 rings (SSSR count). The fourth-order valence-electron chi connectivity index (χ4n) is 4.37. The number of aryl methyl sites for hydroxylation is 2. The topological polar surface area (TPSA) is 96.0 Å². The zero-order chi connectivity index (χ0) is 22.2. The molecule has 0 unspecified atom stereocenters. The van der Waals surface area contributed by atoms with Crippen molar-refractivity contribution in [3.63, 3.8) is 0 Å². The van der Waals surface area contributed by atoms with Crippen molar-refractivity contribution >= 4 is 17.6 Å².